The number of pyridine rings is 1. The Morgan fingerprint density at radius 3 is 2.55 bits per heavy atom. The van der Waals surface area contributed by atoms with Crippen molar-refractivity contribution in [2.24, 2.45) is 0 Å². The monoisotopic (exact) mass is 441 g/mol. The third kappa shape index (κ3) is 3.91. The van der Waals surface area contributed by atoms with E-state index in [4.69, 9.17) is 8.94 Å². The molecule has 5 aromatic rings. The lowest BCUT2D eigenvalue weighted by molar-refractivity contribution is 0.102. The van der Waals surface area contributed by atoms with Gasteiger partial charge in [0.2, 0.25) is 0 Å². The molecule has 0 saturated carbocycles. The molecule has 4 heterocycles. The van der Waals surface area contributed by atoms with Crippen molar-refractivity contribution in [3.05, 3.63) is 83.0 Å². The van der Waals surface area contributed by atoms with Gasteiger partial charge in [0, 0.05) is 30.2 Å². The zero-order chi connectivity index (χ0) is 23.1. The lowest BCUT2D eigenvalue weighted by Crippen LogP contribution is -2.13. The third-order valence-electron chi connectivity index (χ3n) is 5.67. The lowest BCUT2D eigenvalue weighted by atomic mass is 10.1. The van der Waals surface area contributed by atoms with Crippen LogP contribution in [0.4, 0.5) is 5.69 Å². The standard InChI is InChI=1S/C25H23N5O3/c1-14-11-20(16(3)32-14)22-12-21(23-15(2)29-33-25(23)28-22)24(31)27-19-7-5-18(6-8-19)13-30-10-9-26-17(30)4/h5-12H,13H2,1-4H3,(H,27,31). The van der Waals surface area contributed by atoms with Crippen LogP contribution >= 0.6 is 0 Å². The second kappa shape index (κ2) is 8.05. The molecule has 1 N–H and O–H groups in total. The lowest BCUT2D eigenvalue weighted by Gasteiger charge is -2.10. The molecular formula is C25H23N5O3. The number of benzene rings is 1. The van der Waals surface area contributed by atoms with Crippen LogP contribution in [0.1, 0.15) is 39.0 Å². The summed E-state index contributed by atoms with van der Waals surface area (Å²) in [6.45, 7) is 8.23. The number of furan rings is 1. The molecule has 1 amide bonds. The molecule has 0 aliphatic carbocycles. The molecule has 8 heteroatoms. The average Bonchev–Trinajstić information content (AvgIpc) is 3.47. The van der Waals surface area contributed by atoms with Crippen LogP contribution in [0.5, 0.6) is 0 Å². The summed E-state index contributed by atoms with van der Waals surface area (Å²) in [6, 6.07) is 11.4. The SMILES string of the molecule is Cc1cc(-c2cc(C(=O)Nc3ccc(Cn4ccnc4C)cc3)c3c(C)noc3n2)c(C)o1. The van der Waals surface area contributed by atoms with E-state index in [1.807, 2.05) is 57.3 Å². The van der Waals surface area contributed by atoms with Crippen LogP contribution in [0.15, 0.2) is 57.7 Å². The van der Waals surface area contributed by atoms with Crippen LogP contribution in [0.2, 0.25) is 0 Å². The Bertz CT molecular complexity index is 1470. The fourth-order valence-electron chi connectivity index (χ4n) is 3.96. The van der Waals surface area contributed by atoms with E-state index >= 15 is 0 Å². The maximum absolute atomic E-state index is 13.3. The second-order valence-corrected chi connectivity index (χ2v) is 8.08. The van der Waals surface area contributed by atoms with Crippen molar-refractivity contribution in [2.45, 2.75) is 34.2 Å². The Morgan fingerprint density at radius 1 is 1.09 bits per heavy atom. The molecule has 0 unspecified atom stereocenters. The van der Waals surface area contributed by atoms with E-state index in [0.29, 0.717) is 33.7 Å². The van der Waals surface area contributed by atoms with Crippen LogP contribution in [-0.4, -0.2) is 25.6 Å². The van der Waals surface area contributed by atoms with Crippen LogP contribution in [-0.2, 0) is 6.54 Å². The number of hydrogen-bond donors (Lipinski definition) is 1. The fourth-order valence-corrected chi connectivity index (χ4v) is 3.96. The number of amides is 1. The number of anilines is 1. The number of hydrogen-bond acceptors (Lipinski definition) is 6. The fraction of sp³-hybridized carbons (Fsp3) is 0.200. The maximum Gasteiger partial charge on any atom is 0.259 e. The largest absolute Gasteiger partial charge is 0.466 e. The van der Waals surface area contributed by atoms with Gasteiger partial charge in [-0.2, -0.15) is 0 Å². The number of carbonyl (C=O) groups excluding carboxylic acids is 1. The van der Waals surface area contributed by atoms with Gasteiger partial charge >= 0.3 is 0 Å². The van der Waals surface area contributed by atoms with Gasteiger partial charge in [-0.1, -0.05) is 17.3 Å². The molecule has 166 valence electrons. The van der Waals surface area contributed by atoms with E-state index in [1.165, 1.54) is 0 Å². The number of nitrogens with one attached hydrogen (secondary N) is 1. The summed E-state index contributed by atoms with van der Waals surface area (Å²) in [7, 11) is 0. The number of carbonyl (C=O) groups is 1. The molecule has 4 aromatic heterocycles. The van der Waals surface area contributed by atoms with E-state index in [2.05, 4.69) is 25.0 Å². The minimum absolute atomic E-state index is 0.258. The predicted octanol–water partition coefficient (Wildman–Crippen LogP) is 5.21. The molecule has 0 radical (unpaired) electrons. The zero-order valence-corrected chi connectivity index (χ0v) is 18.8. The van der Waals surface area contributed by atoms with Gasteiger partial charge in [0.25, 0.3) is 11.6 Å². The van der Waals surface area contributed by atoms with Crippen LogP contribution < -0.4 is 5.32 Å². The minimum Gasteiger partial charge on any atom is -0.466 e. The molecule has 0 saturated heterocycles. The van der Waals surface area contributed by atoms with E-state index in [-0.39, 0.29) is 5.91 Å². The Kier molecular flexibility index (Phi) is 5.05. The highest BCUT2D eigenvalue weighted by Crippen LogP contribution is 2.31. The van der Waals surface area contributed by atoms with E-state index in [9.17, 15) is 4.79 Å². The van der Waals surface area contributed by atoms with Crippen molar-refractivity contribution in [1.82, 2.24) is 19.7 Å². The summed E-state index contributed by atoms with van der Waals surface area (Å²) in [6.07, 6.45) is 3.73. The molecule has 33 heavy (non-hydrogen) atoms. The van der Waals surface area contributed by atoms with Crippen LogP contribution in [0, 0.1) is 27.7 Å². The molecule has 0 spiro atoms. The number of rotatable bonds is 5. The predicted molar refractivity (Wildman–Crippen MR) is 124 cm³/mol. The molecule has 1 aromatic carbocycles. The van der Waals surface area contributed by atoms with Gasteiger partial charge < -0.3 is 18.8 Å². The highest BCUT2D eigenvalue weighted by atomic mass is 16.5. The van der Waals surface area contributed by atoms with Gasteiger partial charge in [0.1, 0.15) is 17.3 Å². The Labute approximate surface area is 190 Å². The van der Waals surface area contributed by atoms with Gasteiger partial charge in [-0.25, -0.2) is 9.97 Å². The van der Waals surface area contributed by atoms with Crippen LogP contribution in [0.25, 0.3) is 22.4 Å². The first-order chi connectivity index (χ1) is 15.9. The molecule has 0 aliphatic heterocycles. The van der Waals surface area contributed by atoms with Gasteiger partial charge in [0.15, 0.2) is 0 Å². The molecule has 0 fully saturated rings. The molecular weight excluding hydrogens is 418 g/mol. The first kappa shape index (κ1) is 20.7. The van der Waals surface area contributed by atoms with Gasteiger partial charge in [-0.15, -0.1) is 0 Å². The molecule has 5 rings (SSSR count). The zero-order valence-electron chi connectivity index (χ0n) is 18.8. The number of aromatic nitrogens is 4. The Morgan fingerprint density at radius 2 is 1.88 bits per heavy atom. The second-order valence-electron chi connectivity index (χ2n) is 8.08. The normalized spacial score (nSPS) is 11.3. The molecule has 8 nitrogen and oxygen atoms in total. The minimum atomic E-state index is -0.258. The summed E-state index contributed by atoms with van der Waals surface area (Å²) in [4.78, 5) is 22.1. The van der Waals surface area contributed by atoms with E-state index in [1.54, 1.807) is 19.2 Å². The molecule has 0 atom stereocenters. The van der Waals surface area contributed by atoms with E-state index < -0.39 is 0 Å². The number of nitrogens with zero attached hydrogens (tertiary/aromatic N) is 4. The highest BCUT2D eigenvalue weighted by Gasteiger charge is 2.21. The van der Waals surface area contributed by atoms with Crippen molar-refractivity contribution < 1.29 is 13.7 Å². The summed E-state index contributed by atoms with van der Waals surface area (Å²) in [5.74, 6) is 2.20. The van der Waals surface area contributed by atoms with Crippen molar-refractivity contribution in [3.8, 4) is 11.3 Å². The van der Waals surface area contributed by atoms with Crippen molar-refractivity contribution in [3.63, 3.8) is 0 Å². The van der Waals surface area contributed by atoms with Crippen LogP contribution in [0.3, 0.4) is 0 Å². The number of imidazole rings is 1. The van der Waals surface area contributed by atoms with Gasteiger partial charge in [-0.05, 0) is 57.5 Å². The topological polar surface area (TPSA) is 99.0 Å². The van der Waals surface area contributed by atoms with Crippen molar-refractivity contribution in [2.75, 3.05) is 5.32 Å². The Hall–Kier alpha value is -4.20. The number of aryl methyl sites for hydroxylation is 4. The average molecular weight is 441 g/mol. The third-order valence-corrected chi connectivity index (χ3v) is 5.67. The van der Waals surface area contributed by atoms with E-state index in [0.717, 1.165) is 35.0 Å². The number of fused-ring (bicyclic) bond motifs is 1. The quantitative estimate of drug-likeness (QED) is 0.402. The highest BCUT2D eigenvalue weighted by molar-refractivity contribution is 6.13. The Balaban J connectivity index is 1.45. The van der Waals surface area contributed by atoms with Crippen molar-refractivity contribution in [1.29, 1.82) is 0 Å². The summed E-state index contributed by atoms with van der Waals surface area (Å²) in [5.41, 5.74) is 4.61. The molecule has 0 aliphatic rings. The summed E-state index contributed by atoms with van der Waals surface area (Å²) in [5, 5.41) is 7.60. The van der Waals surface area contributed by atoms with Crippen molar-refractivity contribution >= 4 is 22.7 Å². The summed E-state index contributed by atoms with van der Waals surface area (Å²) >= 11 is 0. The van der Waals surface area contributed by atoms with Gasteiger partial charge in [0.05, 0.1) is 22.3 Å². The smallest absolute Gasteiger partial charge is 0.259 e. The first-order valence-corrected chi connectivity index (χ1v) is 10.6. The van der Waals surface area contributed by atoms with Gasteiger partial charge in [-0.3, -0.25) is 4.79 Å². The molecule has 0 bridgehead atoms. The maximum atomic E-state index is 13.3. The summed E-state index contributed by atoms with van der Waals surface area (Å²) < 4.78 is 13.1. The first-order valence-electron chi connectivity index (χ1n) is 10.6.